The van der Waals surface area contributed by atoms with Crippen molar-refractivity contribution in [2.45, 2.75) is 19.8 Å². The normalized spacial score (nSPS) is 10.9. The van der Waals surface area contributed by atoms with Crippen LogP contribution in [0.15, 0.2) is 29.1 Å². The van der Waals surface area contributed by atoms with E-state index in [0.717, 1.165) is 22.3 Å². The first-order chi connectivity index (χ1) is 7.22. The fourth-order valence-corrected chi connectivity index (χ4v) is 2.56. The van der Waals surface area contributed by atoms with E-state index in [1.807, 2.05) is 12.1 Å². The van der Waals surface area contributed by atoms with Crippen molar-refractivity contribution in [3.63, 3.8) is 0 Å². The van der Waals surface area contributed by atoms with Gasteiger partial charge >= 0.3 is 0 Å². The van der Waals surface area contributed by atoms with Crippen molar-refractivity contribution in [3.05, 3.63) is 34.4 Å². The van der Waals surface area contributed by atoms with E-state index in [1.165, 1.54) is 4.88 Å². The van der Waals surface area contributed by atoms with Crippen molar-refractivity contribution >= 4 is 17.6 Å². The lowest BCUT2D eigenvalue weighted by Crippen LogP contribution is -1.84. The predicted molar refractivity (Wildman–Crippen MR) is 61.5 cm³/mol. The number of carbonyl (C=O) groups is 1. The maximum absolute atomic E-state index is 10.8. The van der Waals surface area contributed by atoms with Crippen molar-refractivity contribution in [3.8, 4) is 11.1 Å². The minimum absolute atomic E-state index is 0.425. The van der Waals surface area contributed by atoms with Gasteiger partial charge in [-0.2, -0.15) is 0 Å². The molecule has 0 radical (unpaired) electrons. The van der Waals surface area contributed by atoms with Gasteiger partial charge in [-0.05, 0) is 23.6 Å². The molecule has 0 amide bonds. The van der Waals surface area contributed by atoms with E-state index in [0.29, 0.717) is 5.92 Å². The first kappa shape index (κ1) is 10.2. The lowest BCUT2D eigenvalue weighted by atomic mass is 10.0. The molecule has 0 atom stereocenters. The molecular formula is C12H12O2S. The summed E-state index contributed by atoms with van der Waals surface area (Å²) >= 11 is 1.56. The van der Waals surface area contributed by atoms with Crippen molar-refractivity contribution < 1.29 is 9.21 Å². The summed E-state index contributed by atoms with van der Waals surface area (Å²) in [6.07, 6.45) is 4.26. The van der Waals surface area contributed by atoms with Crippen LogP contribution in [0.5, 0.6) is 0 Å². The molecule has 2 heterocycles. The van der Waals surface area contributed by atoms with Crippen LogP contribution in [0.25, 0.3) is 11.1 Å². The molecule has 3 heteroatoms. The molecule has 78 valence electrons. The molecule has 15 heavy (non-hydrogen) atoms. The molecule has 2 aromatic rings. The van der Waals surface area contributed by atoms with Crippen LogP contribution in [0.2, 0.25) is 0 Å². The van der Waals surface area contributed by atoms with Gasteiger partial charge in [-0.25, -0.2) is 0 Å². The molecule has 2 rings (SSSR count). The first-order valence-corrected chi connectivity index (χ1v) is 5.65. The van der Waals surface area contributed by atoms with Gasteiger partial charge in [0, 0.05) is 10.4 Å². The van der Waals surface area contributed by atoms with Crippen LogP contribution < -0.4 is 0 Å². The molecule has 0 aromatic carbocycles. The lowest BCUT2D eigenvalue weighted by Gasteiger charge is -2.03. The summed E-state index contributed by atoms with van der Waals surface area (Å²) in [7, 11) is 0. The quantitative estimate of drug-likeness (QED) is 0.733. The average Bonchev–Trinajstić information content (AvgIpc) is 2.86. The maximum Gasteiger partial charge on any atom is 0.160 e. The van der Waals surface area contributed by atoms with E-state index in [-0.39, 0.29) is 0 Å². The molecule has 2 aromatic heterocycles. The number of thiophene rings is 1. The molecule has 0 unspecified atom stereocenters. The van der Waals surface area contributed by atoms with Crippen molar-refractivity contribution in [2.24, 2.45) is 0 Å². The third kappa shape index (κ3) is 1.88. The number of aldehydes is 1. The topological polar surface area (TPSA) is 30.2 Å². The van der Waals surface area contributed by atoms with Crippen molar-refractivity contribution in [1.29, 1.82) is 0 Å². The summed E-state index contributed by atoms with van der Waals surface area (Å²) in [6, 6.07) is 3.85. The van der Waals surface area contributed by atoms with Gasteiger partial charge in [0.05, 0.1) is 17.4 Å². The number of furan rings is 1. The number of rotatable bonds is 3. The second kappa shape index (κ2) is 4.03. The standard InChI is InChI=1S/C12H12O2S/c1-8(2)12-11(5-10(6-13)15-12)9-3-4-14-7-9/h3-8H,1-2H3. The zero-order chi connectivity index (χ0) is 10.8. The Labute approximate surface area is 92.5 Å². The summed E-state index contributed by atoms with van der Waals surface area (Å²) < 4.78 is 5.06. The Morgan fingerprint density at radius 2 is 2.27 bits per heavy atom. The van der Waals surface area contributed by atoms with Crippen molar-refractivity contribution in [2.75, 3.05) is 0 Å². The highest BCUT2D eigenvalue weighted by Gasteiger charge is 2.14. The summed E-state index contributed by atoms with van der Waals surface area (Å²) in [4.78, 5) is 12.8. The molecule has 0 N–H and O–H groups in total. The molecule has 2 nitrogen and oxygen atoms in total. The highest BCUT2D eigenvalue weighted by molar-refractivity contribution is 7.14. The highest BCUT2D eigenvalue weighted by atomic mass is 32.1. The van der Waals surface area contributed by atoms with Gasteiger partial charge in [-0.1, -0.05) is 13.8 Å². The summed E-state index contributed by atoms with van der Waals surface area (Å²) in [5.41, 5.74) is 2.16. The highest BCUT2D eigenvalue weighted by Crippen LogP contribution is 2.36. The van der Waals surface area contributed by atoms with Crippen molar-refractivity contribution in [1.82, 2.24) is 0 Å². The molecule has 0 aliphatic carbocycles. The summed E-state index contributed by atoms with van der Waals surface area (Å²) in [5.74, 6) is 0.425. The molecule has 0 saturated heterocycles. The van der Waals surface area contributed by atoms with E-state index in [2.05, 4.69) is 13.8 Å². The van der Waals surface area contributed by atoms with Gasteiger partial charge in [-0.15, -0.1) is 11.3 Å². The molecule has 0 aliphatic heterocycles. The minimum Gasteiger partial charge on any atom is -0.472 e. The van der Waals surface area contributed by atoms with Gasteiger partial charge in [0.2, 0.25) is 0 Å². The molecule has 0 spiro atoms. The maximum atomic E-state index is 10.8. The monoisotopic (exact) mass is 220 g/mol. The van der Waals surface area contributed by atoms with E-state index >= 15 is 0 Å². The van der Waals surface area contributed by atoms with Crippen LogP contribution in [0, 0.1) is 0 Å². The van der Waals surface area contributed by atoms with E-state index < -0.39 is 0 Å². The number of carbonyl (C=O) groups excluding carboxylic acids is 1. The number of hydrogen-bond donors (Lipinski definition) is 0. The third-order valence-electron chi connectivity index (χ3n) is 2.25. The molecule has 0 fully saturated rings. The zero-order valence-electron chi connectivity index (χ0n) is 8.69. The van der Waals surface area contributed by atoms with Crippen LogP contribution >= 0.6 is 11.3 Å². The Bertz CT molecular complexity index is 452. The second-order valence-electron chi connectivity index (χ2n) is 3.71. The molecule has 0 saturated carbocycles. The minimum atomic E-state index is 0.425. The van der Waals surface area contributed by atoms with Crippen LogP contribution in [-0.2, 0) is 0 Å². The first-order valence-electron chi connectivity index (χ1n) is 4.84. The van der Waals surface area contributed by atoms with Crippen LogP contribution in [0.1, 0.15) is 34.3 Å². The van der Waals surface area contributed by atoms with Gasteiger partial charge < -0.3 is 4.42 Å². The van der Waals surface area contributed by atoms with E-state index in [1.54, 1.807) is 23.9 Å². The van der Waals surface area contributed by atoms with Crippen LogP contribution in [0.3, 0.4) is 0 Å². The van der Waals surface area contributed by atoms with Crippen LogP contribution in [-0.4, -0.2) is 6.29 Å². The van der Waals surface area contributed by atoms with Crippen LogP contribution in [0.4, 0.5) is 0 Å². The third-order valence-corrected chi connectivity index (χ3v) is 3.61. The Balaban J connectivity index is 2.54. The van der Waals surface area contributed by atoms with Gasteiger partial charge in [0.15, 0.2) is 6.29 Å². The van der Waals surface area contributed by atoms with E-state index in [4.69, 9.17) is 4.42 Å². The van der Waals surface area contributed by atoms with E-state index in [9.17, 15) is 4.79 Å². The Kier molecular flexibility index (Phi) is 2.73. The van der Waals surface area contributed by atoms with Gasteiger partial charge in [-0.3, -0.25) is 4.79 Å². The van der Waals surface area contributed by atoms with Gasteiger partial charge in [0.1, 0.15) is 0 Å². The Morgan fingerprint density at radius 3 is 2.80 bits per heavy atom. The molecular weight excluding hydrogens is 208 g/mol. The Morgan fingerprint density at radius 1 is 1.47 bits per heavy atom. The fraction of sp³-hybridized carbons (Fsp3) is 0.250. The largest absolute Gasteiger partial charge is 0.472 e. The summed E-state index contributed by atoms with van der Waals surface area (Å²) in [5, 5.41) is 0. The molecule has 0 bridgehead atoms. The summed E-state index contributed by atoms with van der Waals surface area (Å²) in [6.45, 7) is 4.26. The second-order valence-corrected chi connectivity index (χ2v) is 4.83. The fourth-order valence-electron chi connectivity index (χ4n) is 1.56. The smallest absolute Gasteiger partial charge is 0.160 e. The zero-order valence-corrected chi connectivity index (χ0v) is 9.51. The average molecular weight is 220 g/mol. The molecule has 0 aliphatic rings. The Hall–Kier alpha value is -1.35. The van der Waals surface area contributed by atoms with Gasteiger partial charge in [0.25, 0.3) is 0 Å². The number of hydrogen-bond acceptors (Lipinski definition) is 3. The lowest BCUT2D eigenvalue weighted by molar-refractivity contribution is 0.112. The predicted octanol–water partition coefficient (Wildman–Crippen LogP) is 3.94. The SMILES string of the molecule is CC(C)c1sc(C=O)cc1-c1ccoc1.